The Kier molecular flexibility index (Phi) is 4.45. The molecule has 1 N–H and O–H groups in total. The smallest absolute Gasteiger partial charge is 0.387 e. The molecule has 0 saturated carbocycles. The molecule has 2 rings (SSSR count). The van der Waals surface area contributed by atoms with Gasteiger partial charge in [-0.15, -0.1) is 23.1 Å². The minimum Gasteiger partial charge on any atom is -0.387 e. The highest BCUT2D eigenvalue weighted by Crippen LogP contribution is 2.34. The Morgan fingerprint density at radius 3 is 2.43 bits per heavy atom. The molecule has 0 aliphatic carbocycles. The first-order valence-corrected chi connectivity index (χ1v) is 5.97. The van der Waals surface area contributed by atoms with E-state index >= 15 is 0 Å². The zero-order chi connectivity index (χ0) is 17.3. The lowest BCUT2D eigenvalue weighted by Gasteiger charge is -2.12. The van der Waals surface area contributed by atoms with Gasteiger partial charge in [0.25, 0.3) is 0 Å². The van der Waals surface area contributed by atoms with Crippen molar-refractivity contribution in [1.29, 1.82) is 0 Å². The molecule has 0 unspecified atom stereocenters. The second kappa shape index (κ2) is 6.02. The van der Waals surface area contributed by atoms with Crippen LogP contribution in [-0.4, -0.2) is 33.4 Å². The van der Waals surface area contributed by atoms with Crippen molar-refractivity contribution in [1.82, 2.24) is 20.0 Å². The second-order valence-corrected chi connectivity index (χ2v) is 4.20. The summed E-state index contributed by atoms with van der Waals surface area (Å²) in [5.74, 6) is -0.658. The minimum atomic E-state index is -4.88. The molecule has 2 aromatic heterocycles. The van der Waals surface area contributed by atoms with Gasteiger partial charge in [0.1, 0.15) is 17.9 Å². The number of hydrogen-bond acceptors (Lipinski definition) is 5. The van der Waals surface area contributed by atoms with E-state index in [0.717, 1.165) is 18.5 Å². The molecule has 0 bridgehead atoms. The molecule has 0 fully saturated rings. The normalized spacial score (nSPS) is 12.5. The predicted molar refractivity (Wildman–Crippen MR) is 64.5 cm³/mol. The van der Waals surface area contributed by atoms with E-state index in [2.05, 4.69) is 25.2 Å². The Balaban J connectivity index is 2.33. The summed E-state index contributed by atoms with van der Waals surface area (Å²) in [6.45, 7) is -0.973. The van der Waals surface area contributed by atoms with Gasteiger partial charge in [0, 0.05) is 7.05 Å². The molecule has 2 heterocycles. The Morgan fingerprint density at radius 1 is 1.17 bits per heavy atom. The van der Waals surface area contributed by atoms with Crippen LogP contribution in [0.25, 0.3) is 5.82 Å². The molecule has 0 saturated heterocycles. The van der Waals surface area contributed by atoms with Crippen molar-refractivity contribution in [2.75, 3.05) is 12.4 Å². The van der Waals surface area contributed by atoms with Crippen molar-refractivity contribution in [2.24, 2.45) is 0 Å². The molecule has 2 aromatic rings. The topological polar surface area (TPSA) is 64.9 Å². The average molecular weight is 341 g/mol. The van der Waals surface area contributed by atoms with Gasteiger partial charge in [0.05, 0.1) is 18.1 Å². The number of rotatable bonds is 4. The summed E-state index contributed by atoms with van der Waals surface area (Å²) in [4.78, 5) is 4.10. The van der Waals surface area contributed by atoms with E-state index in [0.29, 0.717) is 4.80 Å². The van der Waals surface area contributed by atoms with Crippen molar-refractivity contribution < 1.29 is 31.1 Å². The number of ether oxygens (including phenoxy) is 1. The van der Waals surface area contributed by atoms with E-state index in [4.69, 9.17) is 0 Å². The Morgan fingerprint density at radius 2 is 1.87 bits per heavy atom. The maximum Gasteiger partial charge on any atom is 0.522 e. The predicted octanol–water partition coefficient (Wildman–Crippen LogP) is 2.76. The van der Waals surface area contributed by atoms with Crippen LogP contribution in [0.1, 0.15) is 11.3 Å². The number of halogens is 6. The average Bonchev–Trinajstić information content (AvgIpc) is 2.91. The van der Waals surface area contributed by atoms with Gasteiger partial charge in [-0.25, -0.2) is 4.98 Å². The van der Waals surface area contributed by atoms with E-state index in [9.17, 15) is 26.3 Å². The summed E-state index contributed by atoms with van der Waals surface area (Å²) >= 11 is 0. The highest BCUT2D eigenvalue weighted by molar-refractivity contribution is 5.49. The van der Waals surface area contributed by atoms with Crippen molar-refractivity contribution in [3.8, 4) is 5.82 Å². The highest BCUT2D eigenvalue weighted by atomic mass is 19.4. The van der Waals surface area contributed by atoms with Crippen LogP contribution in [0.3, 0.4) is 0 Å². The number of pyridine rings is 1. The van der Waals surface area contributed by atoms with Crippen molar-refractivity contribution >= 4 is 5.69 Å². The zero-order valence-corrected chi connectivity index (χ0v) is 11.4. The maximum atomic E-state index is 13.1. The van der Waals surface area contributed by atoms with E-state index < -0.39 is 30.5 Å². The first-order valence-electron chi connectivity index (χ1n) is 5.97. The van der Waals surface area contributed by atoms with Crippen molar-refractivity contribution in [2.45, 2.75) is 19.1 Å². The zero-order valence-electron chi connectivity index (χ0n) is 11.4. The largest absolute Gasteiger partial charge is 0.522 e. The standard InChI is InChI=1S/C11H9F6N5O/c1-18-6-2-8(10(12,13)14)9(19-3-6)22-20-4-7(21-22)5-23-11(15,16)17/h2-4,18H,5H2,1H3. The lowest BCUT2D eigenvalue weighted by Crippen LogP contribution is -2.15. The van der Waals surface area contributed by atoms with Crippen LogP contribution in [-0.2, 0) is 17.5 Å². The maximum absolute atomic E-state index is 13.1. The Labute approximate surface area is 125 Å². The van der Waals surface area contributed by atoms with E-state index in [1.165, 1.54) is 7.05 Å². The molecule has 0 aliphatic heterocycles. The van der Waals surface area contributed by atoms with Crippen LogP contribution in [0.15, 0.2) is 18.5 Å². The minimum absolute atomic E-state index is 0.105. The third kappa shape index (κ3) is 4.31. The first-order chi connectivity index (χ1) is 10.6. The molecule has 0 spiro atoms. The van der Waals surface area contributed by atoms with Crippen LogP contribution in [0.2, 0.25) is 0 Å². The van der Waals surface area contributed by atoms with Crippen LogP contribution in [0.4, 0.5) is 32.0 Å². The fourth-order valence-corrected chi connectivity index (χ4v) is 1.58. The van der Waals surface area contributed by atoms with Crippen molar-refractivity contribution in [3.63, 3.8) is 0 Å². The Bertz CT molecular complexity index is 680. The van der Waals surface area contributed by atoms with Gasteiger partial charge >= 0.3 is 12.5 Å². The number of hydrogen-bond donors (Lipinski definition) is 1. The summed E-state index contributed by atoms with van der Waals surface area (Å²) in [5.41, 5.74) is -1.33. The fraction of sp³-hybridized carbons (Fsp3) is 0.364. The number of aromatic nitrogens is 4. The molecule has 23 heavy (non-hydrogen) atoms. The van der Waals surface area contributed by atoms with Gasteiger partial charge in [-0.3, -0.25) is 4.74 Å². The second-order valence-electron chi connectivity index (χ2n) is 4.20. The molecule has 0 radical (unpaired) electrons. The number of anilines is 1. The van der Waals surface area contributed by atoms with Crippen LogP contribution >= 0.6 is 0 Å². The SMILES string of the molecule is CNc1cnc(-n2ncc(COC(F)(F)F)n2)c(C(F)(F)F)c1. The van der Waals surface area contributed by atoms with Gasteiger partial charge in [-0.1, -0.05) is 0 Å². The fourth-order valence-electron chi connectivity index (χ4n) is 1.58. The lowest BCUT2D eigenvalue weighted by molar-refractivity contribution is -0.330. The van der Waals surface area contributed by atoms with Crippen LogP contribution in [0, 0.1) is 0 Å². The first kappa shape index (κ1) is 17.0. The number of nitrogens with one attached hydrogen (secondary N) is 1. The molecule has 12 heteroatoms. The van der Waals surface area contributed by atoms with Crippen molar-refractivity contribution in [3.05, 3.63) is 29.7 Å². The molecule has 0 amide bonds. The summed E-state index contributed by atoms with van der Waals surface area (Å²) < 4.78 is 78.5. The number of alkyl halides is 6. The van der Waals surface area contributed by atoms with Gasteiger partial charge in [-0.2, -0.15) is 18.3 Å². The van der Waals surface area contributed by atoms with E-state index in [1.54, 1.807) is 0 Å². The number of nitrogens with zero attached hydrogens (tertiary/aromatic N) is 4. The van der Waals surface area contributed by atoms with Crippen LogP contribution in [0.5, 0.6) is 0 Å². The quantitative estimate of drug-likeness (QED) is 0.867. The summed E-state index contributed by atoms with van der Waals surface area (Å²) in [6.07, 6.45) is -7.65. The summed E-state index contributed by atoms with van der Waals surface area (Å²) in [6, 6.07) is 0.789. The summed E-state index contributed by atoms with van der Waals surface area (Å²) in [7, 11) is 1.41. The molecule has 0 aliphatic rings. The van der Waals surface area contributed by atoms with E-state index in [-0.39, 0.29) is 11.4 Å². The molecule has 0 atom stereocenters. The summed E-state index contributed by atoms with van der Waals surface area (Å²) in [5, 5.41) is 9.51. The van der Waals surface area contributed by atoms with Gasteiger partial charge < -0.3 is 5.32 Å². The third-order valence-electron chi connectivity index (χ3n) is 2.57. The molecule has 126 valence electrons. The third-order valence-corrected chi connectivity index (χ3v) is 2.57. The molecular weight excluding hydrogens is 332 g/mol. The van der Waals surface area contributed by atoms with Gasteiger partial charge in [-0.05, 0) is 6.07 Å². The van der Waals surface area contributed by atoms with Gasteiger partial charge in [0.15, 0.2) is 5.82 Å². The Hall–Kier alpha value is -2.37. The molecule has 0 aromatic carbocycles. The highest BCUT2D eigenvalue weighted by Gasteiger charge is 2.36. The lowest BCUT2D eigenvalue weighted by atomic mass is 10.2. The van der Waals surface area contributed by atoms with E-state index in [1.807, 2.05) is 0 Å². The van der Waals surface area contributed by atoms with Gasteiger partial charge in [0.2, 0.25) is 0 Å². The monoisotopic (exact) mass is 341 g/mol. The molecular formula is C11H9F6N5O. The molecule has 6 nitrogen and oxygen atoms in total. The van der Waals surface area contributed by atoms with Crippen LogP contribution < -0.4 is 5.32 Å².